The maximum absolute atomic E-state index is 10.8. The highest BCUT2D eigenvalue weighted by Gasteiger charge is 2.14. The first kappa shape index (κ1) is 13.6. The molecule has 0 saturated heterocycles. The van der Waals surface area contributed by atoms with E-state index in [9.17, 15) is 4.79 Å². The van der Waals surface area contributed by atoms with Crippen LogP contribution < -0.4 is 0 Å². The molecule has 1 N–H and O–H groups in total. The van der Waals surface area contributed by atoms with E-state index in [4.69, 9.17) is 5.11 Å². The molecule has 0 radical (unpaired) electrons. The van der Waals surface area contributed by atoms with E-state index in [0.717, 1.165) is 22.4 Å². The lowest BCUT2D eigenvalue weighted by Gasteiger charge is -2.09. The van der Waals surface area contributed by atoms with Crippen LogP contribution in [-0.2, 0) is 11.8 Å². The highest BCUT2D eigenvalue weighted by Crippen LogP contribution is 2.26. The Morgan fingerprint density at radius 2 is 2.05 bits per heavy atom. The van der Waals surface area contributed by atoms with E-state index in [-0.39, 0.29) is 12.3 Å². The first-order valence-electron chi connectivity index (χ1n) is 6.58. The smallest absolute Gasteiger partial charge is 0.303 e. The van der Waals surface area contributed by atoms with Crippen molar-refractivity contribution in [3.05, 3.63) is 29.6 Å². The molecule has 0 bridgehead atoms. The summed E-state index contributed by atoms with van der Waals surface area (Å²) in [6.45, 7) is 6.17. The maximum Gasteiger partial charge on any atom is 0.303 e. The minimum absolute atomic E-state index is 0.00593. The zero-order chi connectivity index (χ0) is 14.2. The van der Waals surface area contributed by atoms with E-state index in [1.54, 1.807) is 0 Å². The van der Waals surface area contributed by atoms with Crippen molar-refractivity contribution in [2.45, 2.75) is 39.0 Å². The van der Waals surface area contributed by atoms with Crippen molar-refractivity contribution in [1.82, 2.24) is 9.55 Å². The third-order valence-corrected chi connectivity index (χ3v) is 3.51. The monoisotopic (exact) mass is 260 g/mol. The molecular formula is C15H20N2O2. The van der Waals surface area contributed by atoms with Crippen LogP contribution in [0.3, 0.4) is 0 Å². The average molecular weight is 260 g/mol. The largest absolute Gasteiger partial charge is 0.481 e. The van der Waals surface area contributed by atoms with Crippen LogP contribution in [0.25, 0.3) is 11.0 Å². The minimum Gasteiger partial charge on any atom is -0.481 e. The lowest BCUT2D eigenvalue weighted by Crippen LogP contribution is -2.02. The normalized spacial score (nSPS) is 13.1. The molecule has 2 aromatic rings. The lowest BCUT2D eigenvalue weighted by atomic mass is 9.97. The minimum atomic E-state index is -0.767. The van der Waals surface area contributed by atoms with E-state index in [1.807, 2.05) is 32.2 Å². The fraction of sp³-hybridized carbons (Fsp3) is 0.467. The molecule has 0 saturated carbocycles. The summed E-state index contributed by atoms with van der Waals surface area (Å²) >= 11 is 0. The van der Waals surface area contributed by atoms with Crippen LogP contribution in [0, 0.1) is 0 Å². The molecule has 2 rings (SSSR count). The number of hydrogen-bond acceptors (Lipinski definition) is 2. The van der Waals surface area contributed by atoms with Gasteiger partial charge in [0.25, 0.3) is 0 Å². The Hall–Kier alpha value is -1.84. The molecule has 1 atom stereocenters. The van der Waals surface area contributed by atoms with Crippen molar-refractivity contribution in [2.24, 2.45) is 7.05 Å². The third kappa shape index (κ3) is 2.62. The molecule has 0 aliphatic heterocycles. The van der Waals surface area contributed by atoms with Gasteiger partial charge in [-0.05, 0) is 23.6 Å². The molecule has 1 unspecified atom stereocenters. The number of aryl methyl sites for hydroxylation is 1. The Bertz CT molecular complexity index is 614. The summed E-state index contributed by atoms with van der Waals surface area (Å²) in [6, 6.07) is 6.04. The van der Waals surface area contributed by atoms with Gasteiger partial charge >= 0.3 is 5.97 Å². The standard InChI is InChI=1S/C15H20N2O2/c1-9(2)15-16-12-8-11(10(3)7-14(18)19)5-6-13(12)17(15)4/h5-6,8-10H,7H2,1-4H3,(H,18,19). The Labute approximate surface area is 113 Å². The van der Waals surface area contributed by atoms with E-state index < -0.39 is 5.97 Å². The highest BCUT2D eigenvalue weighted by molar-refractivity contribution is 5.77. The molecule has 0 aliphatic carbocycles. The van der Waals surface area contributed by atoms with Crippen molar-refractivity contribution >= 4 is 17.0 Å². The molecule has 1 aromatic carbocycles. The van der Waals surface area contributed by atoms with Gasteiger partial charge in [0.2, 0.25) is 0 Å². The fourth-order valence-electron chi connectivity index (χ4n) is 2.44. The van der Waals surface area contributed by atoms with E-state index in [1.165, 1.54) is 0 Å². The molecule has 0 spiro atoms. The van der Waals surface area contributed by atoms with Gasteiger partial charge in [0, 0.05) is 13.0 Å². The summed E-state index contributed by atoms with van der Waals surface area (Å²) in [5.74, 6) is 0.665. The summed E-state index contributed by atoms with van der Waals surface area (Å²) in [5.41, 5.74) is 3.07. The predicted molar refractivity (Wildman–Crippen MR) is 75.5 cm³/mol. The lowest BCUT2D eigenvalue weighted by molar-refractivity contribution is -0.137. The first-order chi connectivity index (χ1) is 8.90. The second-order valence-electron chi connectivity index (χ2n) is 5.43. The topological polar surface area (TPSA) is 55.1 Å². The van der Waals surface area contributed by atoms with Crippen LogP contribution >= 0.6 is 0 Å². The van der Waals surface area contributed by atoms with Gasteiger partial charge in [0.15, 0.2) is 0 Å². The fourth-order valence-corrected chi connectivity index (χ4v) is 2.44. The number of imidazole rings is 1. The summed E-state index contributed by atoms with van der Waals surface area (Å²) < 4.78 is 2.10. The molecule has 0 aliphatic rings. The van der Waals surface area contributed by atoms with E-state index in [0.29, 0.717) is 5.92 Å². The summed E-state index contributed by atoms with van der Waals surface area (Å²) in [7, 11) is 2.02. The number of hydrogen-bond donors (Lipinski definition) is 1. The van der Waals surface area contributed by atoms with Crippen molar-refractivity contribution in [1.29, 1.82) is 0 Å². The maximum atomic E-state index is 10.8. The van der Waals surface area contributed by atoms with Gasteiger partial charge in [-0.3, -0.25) is 4.79 Å². The number of carbonyl (C=O) groups is 1. The molecule has 1 heterocycles. The summed E-state index contributed by atoms with van der Waals surface area (Å²) in [5, 5.41) is 8.86. The van der Waals surface area contributed by atoms with Crippen LogP contribution in [0.4, 0.5) is 0 Å². The van der Waals surface area contributed by atoms with Gasteiger partial charge in [-0.15, -0.1) is 0 Å². The van der Waals surface area contributed by atoms with Crippen LogP contribution in [0.5, 0.6) is 0 Å². The number of aliphatic carboxylic acids is 1. The number of aromatic nitrogens is 2. The van der Waals surface area contributed by atoms with Crippen LogP contribution in [-0.4, -0.2) is 20.6 Å². The molecule has 19 heavy (non-hydrogen) atoms. The van der Waals surface area contributed by atoms with Gasteiger partial charge in [-0.1, -0.05) is 26.8 Å². The zero-order valence-corrected chi connectivity index (χ0v) is 11.8. The zero-order valence-electron chi connectivity index (χ0n) is 11.8. The average Bonchev–Trinajstić information content (AvgIpc) is 2.65. The van der Waals surface area contributed by atoms with Crippen molar-refractivity contribution in [3.63, 3.8) is 0 Å². The first-order valence-corrected chi connectivity index (χ1v) is 6.58. The Balaban J connectivity index is 2.43. The molecule has 0 fully saturated rings. The number of benzene rings is 1. The summed E-state index contributed by atoms with van der Waals surface area (Å²) in [6.07, 6.45) is 0.148. The predicted octanol–water partition coefficient (Wildman–Crippen LogP) is 3.27. The van der Waals surface area contributed by atoms with Crippen molar-refractivity contribution in [2.75, 3.05) is 0 Å². The number of nitrogens with zero attached hydrogens (tertiary/aromatic N) is 2. The second kappa shape index (κ2) is 5.03. The van der Waals surface area contributed by atoms with Crippen LogP contribution in [0.1, 0.15) is 50.4 Å². The molecule has 102 valence electrons. The van der Waals surface area contributed by atoms with Crippen LogP contribution in [0.2, 0.25) is 0 Å². The van der Waals surface area contributed by atoms with Crippen molar-refractivity contribution in [3.8, 4) is 0 Å². The molecule has 1 aromatic heterocycles. The molecule has 4 nitrogen and oxygen atoms in total. The summed E-state index contributed by atoms with van der Waals surface area (Å²) in [4.78, 5) is 15.4. The molecular weight excluding hydrogens is 240 g/mol. The molecule has 4 heteroatoms. The van der Waals surface area contributed by atoms with Crippen LogP contribution in [0.15, 0.2) is 18.2 Å². The number of fused-ring (bicyclic) bond motifs is 1. The molecule has 0 amide bonds. The van der Waals surface area contributed by atoms with Gasteiger partial charge in [-0.25, -0.2) is 4.98 Å². The van der Waals surface area contributed by atoms with E-state index >= 15 is 0 Å². The van der Waals surface area contributed by atoms with Gasteiger partial charge in [-0.2, -0.15) is 0 Å². The number of carboxylic acids is 1. The highest BCUT2D eigenvalue weighted by atomic mass is 16.4. The van der Waals surface area contributed by atoms with Crippen molar-refractivity contribution < 1.29 is 9.90 Å². The quantitative estimate of drug-likeness (QED) is 0.917. The Morgan fingerprint density at radius 1 is 1.37 bits per heavy atom. The Kier molecular flexibility index (Phi) is 3.60. The number of rotatable bonds is 4. The van der Waals surface area contributed by atoms with Gasteiger partial charge in [0.05, 0.1) is 17.5 Å². The number of carboxylic acid groups (broad SMARTS) is 1. The van der Waals surface area contributed by atoms with E-state index in [2.05, 4.69) is 23.4 Å². The van der Waals surface area contributed by atoms with Gasteiger partial charge < -0.3 is 9.67 Å². The third-order valence-electron chi connectivity index (χ3n) is 3.51. The SMILES string of the molecule is CC(C)c1nc2cc(C(C)CC(=O)O)ccc2n1C. The van der Waals surface area contributed by atoms with Gasteiger partial charge in [0.1, 0.15) is 5.82 Å². The Morgan fingerprint density at radius 3 is 2.63 bits per heavy atom. The second-order valence-corrected chi connectivity index (χ2v) is 5.43.